The van der Waals surface area contributed by atoms with E-state index in [9.17, 15) is 0 Å². The van der Waals surface area contributed by atoms with Gasteiger partial charge in [0.1, 0.15) is 17.3 Å². The first-order valence-corrected chi connectivity index (χ1v) is 6.72. The molecule has 0 bridgehead atoms. The molecule has 0 radical (unpaired) electrons. The maximum atomic E-state index is 7.33. The molecule has 0 atom stereocenters. The molecule has 0 amide bonds. The molecular weight excluding hydrogens is 250 g/mol. The number of anilines is 1. The molecule has 0 saturated heterocycles. The molecule has 0 saturated carbocycles. The molecule has 5 heteroatoms. The maximum absolute atomic E-state index is 7.33. The maximum Gasteiger partial charge on any atom is 0.147 e. The van der Waals surface area contributed by atoms with Gasteiger partial charge in [-0.2, -0.15) is 0 Å². The Morgan fingerprint density at radius 3 is 2.20 bits per heavy atom. The van der Waals surface area contributed by atoms with Crippen LogP contribution >= 0.6 is 0 Å². The van der Waals surface area contributed by atoms with Gasteiger partial charge in [0, 0.05) is 13.1 Å². The molecule has 3 rings (SSSR count). The fourth-order valence-electron chi connectivity index (χ4n) is 2.52. The van der Waals surface area contributed by atoms with Crippen LogP contribution in [0.3, 0.4) is 0 Å². The van der Waals surface area contributed by atoms with E-state index < -0.39 is 0 Å². The standard InChI is InChI=1S/C15H17N5/c16-15(17)13-9-19-14(10-18-13)20-7-5-11-3-1-2-4-12(11)6-8-20/h1-4,9-10H,5-8H2,(H3,16,17). The van der Waals surface area contributed by atoms with Crippen molar-refractivity contribution in [2.75, 3.05) is 18.0 Å². The lowest BCUT2D eigenvalue weighted by molar-refractivity contribution is 0.786. The van der Waals surface area contributed by atoms with E-state index in [4.69, 9.17) is 11.1 Å². The van der Waals surface area contributed by atoms with E-state index in [1.165, 1.54) is 11.1 Å². The number of nitrogens with one attached hydrogen (secondary N) is 1. The second-order valence-corrected chi connectivity index (χ2v) is 4.93. The summed E-state index contributed by atoms with van der Waals surface area (Å²) in [5, 5.41) is 7.33. The summed E-state index contributed by atoms with van der Waals surface area (Å²) in [5.41, 5.74) is 8.65. The van der Waals surface area contributed by atoms with Gasteiger partial charge < -0.3 is 10.6 Å². The van der Waals surface area contributed by atoms with Crippen LogP contribution in [0, 0.1) is 5.41 Å². The second-order valence-electron chi connectivity index (χ2n) is 4.93. The lowest BCUT2D eigenvalue weighted by atomic mass is 10.0. The molecule has 3 N–H and O–H groups in total. The van der Waals surface area contributed by atoms with Gasteiger partial charge in [-0.15, -0.1) is 0 Å². The Balaban J connectivity index is 1.78. The van der Waals surface area contributed by atoms with Gasteiger partial charge in [-0.3, -0.25) is 5.41 Å². The molecule has 0 fully saturated rings. The van der Waals surface area contributed by atoms with E-state index in [0.29, 0.717) is 5.69 Å². The Morgan fingerprint density at radius 1 is 1.05 bits per heavy atom. The van der Waals surface area contributed by atoms with Crippen LogP contribution in [0.5, 0.6) is 0 Å². The van der Waals surface area contributed by atoms with Crippen molar-refractivity contribution in [1.29, 1.82) is 5.41 Å². The van der Waals surface area contributed by atoms with Crippen molar-refractivity contribution in [3.05, 3.63) is 53.5 Å². The molecule has 1 aromatic carbocycles. The van der Waals surface area contributed by atoms with E-state index in [1.807, 2.05) is 0 Å². The summed E-state index contributed by atoms with van der Waals surface area (Å²) in [7, 11) is 0. The van der Waals surface area contributed by atoms with Gasteiger partial charge in [-0.1, -0.05) is 24.3 Å². The highest BCUT2D eigenvalue weighted by Gasteiger charge is 2.15. The van der Waals surface area contributed by atoms with Gasteiger partial charge in [-0.05, 0) is 24.0 Å². The molecule has 20 heavy (non-hydrogen) atoms. The van der Waals surface area contributed by atoms with Gasteiger partial charge in [0.15, 0.2) is 0 Å². The Morgan fingerprint density at radius 2 is 1.70 bits per heavy atom. The number of benzene rings is 1. The van der Waals surface area contributed by atoms with Crippen molar-refractivity contribution in [3.8, 4) is 0 Å². The van der Waals surface area contributed by atoms with E-state index in [0.717, 1.165) is 31.7 Å². The average molecular weight is 267 g/mol. The molecule has 0 aliphatic carbocycles. The number of nitrogen functional groups attached to an aromatic ring is 1. The van der Waals surface area contributed by atoms with Crippen LogP contribution in [-0.2, 0) is 12.8 Å². The van der Waals surface area contributed by atoms with Crippen molar-refractivity contribution >= 4 is 11.7 Å². The fraction of sp³-hybridized carbons (Fsp3) is 0.267. The number of nitrogens with two attached hydrogens (primary N) is 1. The first kappa shape index (κ1) is 12.6. The van der Waals surface area contributed by atoms with E-state index in [-0.39, 0.29) is 5.84 Å². The predicted molar refractivity (Wildman–Crippen MR) is 79.1 cm³/mol. The van der Waals surface area contributed by atoms with Crippen molar-refractivity contribution < 1.29 is 0 Å². The number of hydrogen-bond acceptors (Lipinski definition) is 4. The monoisotopic (exact) mass is 267 g/mol. The lowest BCUT2D eigenvalue weighted by Gasteiger charge is -2.20. The number of rotatable bonds is 2. The Bertz CT molecular complexity index is 593. The minimum atomic E-state index is -0.0488. The fourth-order valence-corrected chi connectivity index (χ4v) is 2.52. The molecule has 102 valence electrons. The molecule has 1 aliphatic rings. The number of amidine groups is 1. The normalized spacial score (nSPS) is 14.5. The summed E-state index contributed by atoms with van der Waals surface area (Å²) in [5.74, 6) is 0.801. The van der Waals surface area contributed by atoms with E-state index >= 15 is 0 Å². The van der Waals surface area contributed by atoms with Gasteiger partial charge in [0.2, 0.25) is 0 Å². The summed E-state index contributed by atoms with van der Waals surface area (Å²) in [6.45, 7) is 1.87. The average Bonchev–Trinajstić information content (AvgIpc) is 2.70. The smallest absolute Gasteiger partial charge is 0.147 e. The van der Waals surface area contributed by atoms with Crippen LogP contribution in [-0.4, -0.2) is 28.9 Å². The number of aromatic nitrogens is 2. The van der Waals surface area contributed by atoms with Gasteiger partial charge in [0.05, 0.1) is 12.4 Å². The van der Waals surface area contributed by atoms with E-state index in [2.05, 4.69) is 39.1 Å². The SMILES string of the molecule is N=C(N)c1cnc(N2CCc3ccccc3CC2)cn1. The van der Waals surface area contributed by atoms with Crippen LogP contribution in [0.1, 0.15) is 16.8 Å². The highest BCUT2D eigenvalue weighted by atomic mass is 15.2. The quantitative estimate of drug-likeness (QED) is 0.636. The predicted octanol–water partition coefficient (Wildman–Crippen LogP) is 1.37. The van der Waals surface area contributed by atoms with Crippen molar-refractivity contribution in [1.82, 2.24) is 9.97 Å². The highest BCUT2D eigenvalue weighted by molar-refractivity contribution is 5.92. The summed E-state index contributed by atoms with van der Waals surface area (Å²) in [6, 6.07) is 8.58. The third-order valence-electron chi connectivity index (χ3n) is 3.66. The van der Waals surface area contributed by atoms with Gasteiger partial charge >= 0.3 is 0 Å². The Hall–Kier alpha value is -2.43. The molecule has 5 nitrogen and oxygen atoms in total. The first-order chi connectivity index (χ1) is 9.74. The number of hydrogen-bond donors (Lipinski definition) is 2. The van der Waals surface area contributed by atoms with Gasteiger partial charge in [0.25, 0.3) is 0 Å². The minimum absolute atomic E-state index is 0.0488. The largest absolute Gasteiger partial charge is 0.382 e. The molecule has 0 unspecified atom stereocenters. The number of nitrogens with zero attached hydrogens (tertiary/aromatic N) is 3. The highest BCUT2D eigenvalue weighted by Crippen LogP contribution is 2.18. The third-order valence-corrected chi connectivity index (χ3v) is 3.66. The topological polar surface area (TPSA) is 78.9 Å². The molecule has 1 aliphatic heterocycles. The van der Waals surface area contributed by atoms with E-state index in [1.54, 1.807) is 12.4 Å². The number of fused-ring (bicyclic) bond motifs is 1. The molecule has 1 aromatic heterocycles. The molecule has 2 heterocycles. The third kappa shape index (κ3) is 2.47. The van der Waals surface area contributed by atoms with Crippen LogP contribution in [0.25, 0.3) is 0 Å². The minimum Gasteiger partial charge on any atom is -0.382 e. The summed E-state index contributed by atoms with van der Waals surface area (Å²) in [4.78, 5) is 10.8. The van der Waals surface area contributed by atoms with Crippen molar-refractivity contribution in [2.24, 2.45) is 5.73 Å². The van der Waals surface area contributed by atoms with Crippen molar-refractivity contribution in [2.45, 2.75) is 12.8 Å². The van der Waals surface area contributed by atoms with Gasteiger partial charge in [-0.25, -0.2) is 9.97 Å². The van der Waals surface area contributed by atoms with Crippen LogP contribution in [0.2, 0.25) is 0 Å². The van der Waals surface area contributed by atoms with Crippen molar-refractivity contribution in [3.63, 3.8) is 0 Å². The van der Waals surface area contributed by atoms with Crippen LogP contribution in [0.15, 0.2) is 36.7 Å². The molecule has 0 spiro atoms. The summed E-state index contributed by atoms with van der Waals surface area (Å²) in [6.07, 6.45) is 5.31. The Labute approximate surface area is 118 Å². The zero-order valence-electron chi connectivity index (χ0n) is 11.2. The summed E-state index contributed by atoms with van der Waals surface area (Å²) < 4.78 is 0. The van der Waals surface area contributed by atoms with Crippen LogP contribution < -0.4 is 10.6 Å². The zero-order chi connectivity index (χ0) is 13.9. The zero-order valence-corrected chi connectivity index (χ0v) is 11.2. The lowest BCUT2D eigenvalue weighted by Crippen LogP contribution is -2.27. The van der Waals surface area contributed by atoms with Crippen LogP contribution in [0.4, 0.5) is 5.82 Å². The molecule has 2 aromatic rings. The summed E-state index contributed by atoms with van der Waals surface area (Å²) >= 11 is 0. The second kappa shape index (κ2) is 5.28. The molecular formula is C15H17N5. The Kier molecular flexibility index (Phi) is 3.33. The first-order valence-electron chi connectivity index (χ1n) is 6.72.